The van der Waals surface area contributed by atoms with E-state index in [9.17, 15) is 9.90 Å². The molecule has 0 aromatic heterocycles. The minimum absolute atomic E-state index is 0.134. The number of aliphatic hydroxyl groups is 1. The number of hydrogen-bond acceptors (Lipinski definition) is 3. The molecule has 0 amide bonds. The van der Waals surface area contributed by atoms with E-state index < -0.39 is 17.1 Å². The van der Waals surface area contributed by atoms with E-state index >= 15 is 0 Å². The van der Waals surface area contributed by atoms with Gasteiger partial charge in [-0.1, -0.05) is 19.9 Å². The molecule has 3 nitrogen and oxygen atoms in total. The predicted molar refractivity (Wildman–Crippen MR) is 61.1 cm³/mol. The fraction of sp³-hybridized carbons (Fsp3) is 0.769. The standard InChI is InChI=1S/C13H20O3/c1-8-5-6-11(15)12(3,4)13(8)7-10(14)9(2)16-13/h5,9,11,15H,6-7H2,1-4H3. The molecule has 1 aliphatic heterocycles. The summed E-state index contributed by atoms with van der Waals surface area (Å²) in [5.74, 6) is 0.134. The smallest absolute Gasteiger partial charge is 0.164 e. The number of aliphatic hydroxyl groups excluding tert-OH is 1. The topological polar surface area (TPSA) is 46.5 Å². The summed E-state index contributed by atoms with van der Waals surface area (Å²) in [4.78, 5) is 11.8. The normalized spacial score (nSPS) is 42.6. The maximum absolute atomic E-state index is 11.8. The van der Waals surface area contributed by atoms with Crippen LogP contribution in [0, 0.1) is 5.41 Å². The molecule has 0 radical (unpaired) electrons. The molecule has 3 unspecified atom stereocenters. The second-order valence-electron chi connectivity index (χ2n) is 5.59. The van der Waals surface area contributed by atoms with Crippen molar-refractivity contribution in [3.05, 3.63) is 11.6 Å². The molecular formula is C13H20O3. The van der Waals surface area contributed by atoms with E-state index in [1.807, 2.05) is 26.8 Å². The van der Waals surface area contributed by atoms with E-state index in [1.165, 1.54) is 0 Å². The first kappa shape index (κ1) is 11.8. The molecule has 1 fully saturated rings. The molecule has 1 spiro atoms. The van der Waals surface area contributed by atoms with Crippen LogP contribution in [0.25, 0.3) is 0 Å². The lowest BCUT2D eigenvalue weighted by molar-refractivity contribution is -0.139. The van der Waals surface area contributed by atoms with E-state index in [4.69, 9.17) is 4.74 Å². The zero-order chi connectivity index (χ0) is 12.1. The lowest BCUT2D eigenvalue weighted by Crippen LogP contribution is -2.54. The van der Waals surface area contributed by atoms with E-state index in [2.05, 4.69) is 0 Å². The molecule has 1 N–H and O–H groups in total. The van der Waals surface area contributed by atoms with Crippen LogP contribution in [0.4, 0.5) is 0 Å². The monoisotopic (exact) mass is 224 g/mol. The quantitative estimate of drug-likeness (QED) is 0.639. The number of carbonyl (C=O) groups excluding carboxylic acids is 1. The fourth-order valence-corrected chi connectivity index (χ4v) is 2.94. The van der Waals surface area contributed by atoms with Gasteiger partial charge in [0.2, 0.25) is 0 Å². The maximum atomic E-state index is 11.8. The van der Waals surface area contributed by atoms with Crippen molar-refractivity contribution in [2.24, 2.45) is 5.41 Å². The van der Waals surface area contributed by atoms with Gasteiger partial charge in [0.25, 0.3) is 0 Å². The maximum Gasteiger partial charge on any atom is 0.164 e. The molecule has 1 aliphatic carbocycles. The first-order chi connectivity index (χ1) is 7.31. The molecule has 0 saturated carbocycles. The van der Waals surface area contributed by atoms with Crippen molar-refractivity contribution in [2.45, 2.75) is 58.3 Å². The molecule has 2 aliphatic rings. The minimum atomic E-state index is -0.596. The fourth-order valence-electron chi connectivity index (χ4n) is 2.94. The highest BCUT2D eigenvalue weighted by Gasteiger charge is 2.58. The van der Waals surface area contributed by atoms with Crippen molar-refractivity contribution < 1.29 is 14.6 Å². The van der Waals surface area contributed by atoms with Crippen LogP contribution in [0.2, 0.25) is 0 Å². The molecule has 0 aromatic rings. The molecule has 90 valence electrons. The highest BCUT2D eigenvalue weighted by molar-refractivity contribution is 5.86. The van der Waals surface area contributed by atoms with Gasteiger partial charge >= 0.3 is 0 Å². The summed E-state index contributed by atoms with van der Waals surface area (Å²) in [5, 5.41) is 10.1. The summed E-state index contributed by atoms with van der Waals surface area (Å²) in [6.07, 6.45) is 2.23. The predicted octanol–water partition coefficient (Wildman–Crippen LogP) is 1.84. The van der Waals surface area contributed by atoms with E-state index in [0.717, 1.165) is 5.57 Å². The summed E-state index contributed by atoms with van der Waals surface area (Å²) >= 11 is 0. The van der Waals surface area contributed by atoms with Crippen molar-refractivity contribution in [1.82, 2.24) is 0 Å². The highest BCUT2D eigenvalue weighted by Crippen LogP contribution is 2.52. The Morgan fingerprint density at radius 2 is 2.12 bits per heavy atom. The van der Waals surface area contributed by atoms with Crippen LogP contribution in [0.5, 0.6) is 0 Å². The Balaban J connectivity index is 2.48. The largest absolute Gasteiger partial charge is 0.392 e. The molecular weight excluding hydrogens is 204 g/mol. The Morgan fingerprint density at radius 3 is 2.62 bits per heavy atom. The van der Waals surface area contributed by atoms with Gasteiger partial charge in [-0.2, -0.15) is 0 Å². The molecule has 3 atom stereocenters. The Hall–Kier alpha value is -0.670. The van der Waals surface area contributed by atoms with Gasteiger partial charge in [-0.25, -0.2) is 0 Å². The van der Waals surface area contributed by atoms with Gasteiger partial charge in [-0.05, 0) is 25.8 Å². The Kier molecular flexibility index (Phi) is 2.52. The van der Waals surface area contributed by atoms with Crippen molar-refractivity contribution >= 4 is 5.78 Å². The Bertz CT molecular complexity index is 356. The van der Waals surface area contributed by atoms with Gasteiger partial charge in [0, 0.05) is 11.8 Å². The van der Waals surface area contributed by atoms with E-state index in [1.54, 1.807) is 6.92 Å². The number of carbonyl (C=O) groups is 1. The number of ether oxygens (including phenoxy) is 1. The van der Waals surface area contributed by atoms with E-state index in [-0.39, 0.29) is 11.9 Å². The third kappa shape index (κ3) is 1.31. The van der Waals surface area contributed by atoms with Gasteiger partial charge in [-0.15, -0.1) is 0 Å². The Morgan fingerprint density at radius 1 is 1.50 bits per heavy atom. The lowest BCUT2D eigenvalue weighted by atomic mass is 9.62. The highest BCUT2D eigenvalue weighted by atomic mass is 16.5. The third-order valence-electron chi connectivity index (χ3n) is 4.41. The van der Waals surface area contributed by atoms with Crippen molar-refractivity contribution in [2.75, 3.05) is 0 Å². The summed E-state index contributed by atoms with van der Waals surface area (Å²) in [6.45, 7) is 7.76. The average molecular weight is 224 g/mol. The Labute approximate surface area is 96.5 Å². The number of rotatable bonds is 0. The number of Topliss-reactive ketones (excluding diaryl/α,β-unsaturated/α-hetero) is 1. The van der Waals surface area contributed by atoms with Gasteiger partial charge in [0.1, 0.15) is 11.7 Å². The zero-order valence-corrected chi connectivity index (χ0v) is 10.4. The zero-order valence-electron chi connectivity index (χ0n) is 10.4. The molecule has 2 rings (SSSR count). The van der Waals surface area contributed by atoms with Gasteiger partial charge in [-0.3, -0.25) is 4.79 Å². The molecule has 1 saturated heterocycles. The molecule has 3 heteroatoms. The van der Waals surface area contributed by atoms with E-state index in [0.29, 0.717) is 12.8 Å². The average Bonchev–Trinajstić information content (AvgIpc) is 2.50. The van der Waals surface area contributed by atoms with Crippen LogP contribution in [0.1, 0.15) is 40.5 Å². The van der Waals surface area contributed by atoms with Crippen LogP contribution in [-0.2, 0) is 9.53 Å². The number of hydrogen-bond donors (Lipinski definition) is 1. The molecule has 0 aromatic carbocycles. The van der Waals surface area contributed by atoms with Crippen molar-refractivity contribution in [3.63, 3.8) is 0 Å². The van der Waals surface area contributed by atoms with Crippen LogP contribution >= 0.6 is 0 Å². The minimum Gasteiger partial charge on any atom is -0.392 e. The van der Waals surface area contributed by atoms with Crippen LogP contribution < -0.4 is 0 Å². The second kappa shape index (κ2) is 3.41. The lowest BCUT2D eigenvalue weighted by Gasteiger charge is -2.49. The summed E-state index contributed by atoms with van der Waals surface area (Å²) in [6, 6.07) is 0. The first-order valence-corrected chi connectivity index (χ1v) is 5.87. The third-order valence-corrected chi connectivity index (χ3v) is 4.41. The number of ketones is 1. The summed E-state index contributed by atoms with van der Waals surface area (Å²) in [7, 11) is 0. The van der Waals surface area contributed by atoms with Crippen molar-refractivity contribution in [1.29, 1.82) is 0 Å². The molecule has 1 heterocycles. The molecule has 16 heavy (non-hydrogen) atoms. The molecule has 0 bridgehead atoms. The van der Waals surface area contributed by atoms with Crippen LogP contribution in [0.3, 0.4) is 0 Å². The van der Waals surface area contributed by atoms with Crippen LogP contribution in [0.15, 0.2) is 11.6 Å². The van der Waals surface area contributed by atoms with Gasteiger partial charge in [0.05, 0.1) is 6.10 Å². The SMILES string of the molecule is CC1=CCC(O)C(C)(C)C12CC(=O)C(C)O2. The summed E-state index contributed by atoms with van der Waals surface area (Å²) < 4.78 is 5.92. The van der Waals surface area contributed by atoms with Crippen LogP contribution in [-0.4, -0.2) is 28.7 Å². The van der Waals surface area contributed by atoms with Gasteiger partial charge in [0.15, 0.2) is 5.78 Å². The first-order valence-electron chi connectivity index (χ1n) is 5.87. The summed E-state index contributed by atoms with van der Waals surface area (Å²) in [5.41, 5.74) is 0.0773. The van der Waals surface area contributed by atoms with Gasteiger partial charge < -0.3 is 9.84 Å². The second-order valence-corrected chi connectivity index (χ2v) is 5.59. The van der Waals surface area contributed by atoms with Crippen molar-refractivity contribution in [3.8, 4) is 0 Å².